The highest BCUT2D eigenvalue weighted by Gasteiger charge is 2.39. The van der Waals surface area contributed by atoms with Crippen LogP contribution in [0.4, 0.5) is 0 Å². The first-order valence-corrected chi connectivity index (χ1v) is 9.65. The monoisotopic (exact) mass is 362 g/mol. The number of rotatable bonds is 5. The number of aromatic amines is 1. The summed E-state index contributed by atoms with van der Waals surface area (Å²) in [6, 6.07) is 7.85. The summed E-state index contributed by atoms with van der Waals surface area (Å²) in [7, 11) is 0. The molecular formula is C17H19ClN4OS. The predicted molar refractivity (Wildman–Crippen MR) is 94.9 cm³/mol. The van der Waals surface area contributed by atoms with E-state index in [9.17, 15) is 4.79 Å². The van der Waals surface area contributed by atoms with Crippen molar-refractivity contribution in [2.24, 2.45) is 11.8 Å². The summed E-state index contributed by atoms with van der Waals surface area (Å²) < 4.78 is 0. The van der Waals surface area contributed by atoms with E-state index in [2.05, 4.69) is 20.5 Å². The number of aromatic nitrogens is 3. The molecule has 7 heteroatoms. The number of amides is 1. The third-order valence-corrected chi connectivity index (χ3v) is 6.19. The second-order valence-electron chi connectivity index (χ2n) is 6.58. The molecule has 2 aliphatic carbocycles. The number of carbonyl (C=O) groups is 1. The van der Waals surface area contributed by atoms with Gasteiger partial charge in [-0.15, -0.1) is 5.10 Å². The fourth-order valence-corrected chi connectivity index (χ4v) is 4.72. The van der Waals surface area contributed by atoms with Gasteiger partial charge in [-0.2, -0.15) is 0 Å². The van der Waals surface area contributed by atoms with Crippen LogP contribution < -0.4 is 5.32 Å². The molecule has 24 heavy (non-hydrogen) atoms. The normalized spacial score (nSPS) is 25.1. The molecule has 2 fully saturated rings. The van der Waals surface area contributed by atoms with E-state index < -0.39 is 0 Å². The number of hydrogen-bond donors (Lipinski definition) is 2. The van der Waals surface area contributed by atoms with Crippen molar-refractivity contribution in [2.75, 3.05) is 5.75 Å². The predicted octanol–water partition coefficient (Wildman–Crippen LogP) is 3.52. The topological polar surface area (TPSA) is 70.7 Å². The van der Waals surface area contributed by atoms with E-state index in [1.54, 1.807) is 0 Å². The molecule has 0 unspecified atom stereocenters. The highest BCUT2D eigenvalue weighted by Crippen LogP contribution is 2.44. The van der Waals surface area contributed by atoms with Gasteiger partial charge in [-0.1, -0.05) is 41.9 Å². The first-order valence-electron chi connectivity index (χ1n) is 8.28. The summed E-state index contributed by atoms with van der Waals surface area (Å²) in [4.78, 5) is 16.6. The Bertz CT molecular complexity index is 750. The number of H-pyrrole nitrogens is 1. The molecule has 1 aromatic carbocycles. The molecule has 3 atom stereocenters. The molecule has 1 heterocycles. The Hall–Kier alpha value is -1.53. The van der Waals surface area contributed by atoms with Gasteiger partial charge in [0.2, 0.25) is 11.1 Å². The molecule has 126 valence electrons. The molecule has 2 saturated carbocycles. The van der Waals surface area contributed by atoms with Crippen LogP contribution in [0.5, 0.6) is 0 Å². The molecule has 2 aliphatic rings. The second-order valence-corrected chi connectivity index (χ2v) is 7.93. The minimum atomic E-state index is 0.0710. The van der Waals surface area contributed by atoms with Crippen molar-refractivity contribution in [1.82, 2.24) is 20.5 Å². The lowest BCUT2D eigenvalue weighted by Crippen LogP contribution is -2.39. The number of halogens is 1. The van der Waals surface area contributed by atoms with Crippen LogP contribution in [0, 0.1) is 11.8 Å². The Morgan fingerprint density at radius 2 is 2.21 bits per heavy atom. The molecule has 2 N–H and O–H groups in total. The van der Waals surface area contributed by atoms with Crippen molar-refractivity contribution in [2.45, 2.75) is 36.9 Å². The number of hydrogen-bond acceptors (Lipinski definition) is 4. The molecule has 2 aromatic rings. The van der Waals surface area contributed by atoms with E-state index in [1.807, 2.05) is 24.3 Å². The molecule has 0 spiro atoms. The molecular weight excluding hydrogens is 344 g/mol. The summed E-state index contributed by atoms with van der Waals surface area (Å²) in [6.45, 7) is 0. The van der Waals surface area contributed by atoms with Crippen LogP contribution in [0.25, 0.3) is 11.4 Å². The second kappa shape index (κ2) is 6.76. The van der Waals surface area contributed by atoms with Gasteiger partial charge in [0.05, 0.1) is 10.8 Å². The molecule has 1 amide bonds. The maximum atomic E-state index is 12.2. The minimum Gasteiger partial charge on any atom is -0.352 e. The van der Waals surface area contributed by atoms with E-state index in [1.165, 1.54) is 31.0 Å². The lowest BCUT2D eigenvalue weighted by Gasteiger charge is -2.22. The van der Waals surface area contributed by atoms with Crippen molar-refractivity contribution in [3.63, 3.8) is 0 Å². The Labute approximate surface area is 150 Å². The quantitative estimate of drug-likeness (QED) is 0.798. The molecule has 0 aliphatic heterocycles. The van der Waals surface area contributed by atoms with Gasteiger partial charge in [-0.3, -0.25) is 9.89 Å². The van der Waals surface area contributed by atoms with Gasteiger partial charge < -0.3 is 5.32 Å². The number of nitrogens with one attached hydrogen (secondary N) is 2. The van der Waals surface area contributed by atoms with Crippen LogP contribution in [0.3, 0.4) is 0 Å². The first-order chi connectivity index (χ1) is 11.7. The fraction of sp³-hybridized carbons (Fsp3) is 0.471. The van der Waals surface area contributed by atoms with Crippen LogP contribution in [0.1, 0.15) is 25.7 Å². The number of benzene rings is 1. The zero-order chi connectivity index (χ0) is 16.5. The van der Waals surface area contributed by atoms with Gasteiger partial charge >= 0.3 is 0 Å². The molecule has 0 radical (unpaired) electrons. The zero-order valence-corrected chi connectivity index (χ0v) is 14.7. The van der Waals surface area contributed by atoms with E-state index in [0.717, 1.165) is 17.9 Å². The number of carbonyl (C=O) groups excluding carboxylic acids is 1. The average Bonchev–Trinajstić information content (AvgIpc) is 3.30. The zero-order valence-electron chi connectivity index (χ0n) is 13.2. The van der Waals surface area contributed by atoms with Crippen molar-refractivity contribution < 1.29 is 4.79 Å². The largest absolute Gasteiger partial charge is 0.352 e. The molecule has 0 saturated heterocycles. The molecule has 5 nitrogen and oxygen atoms in total. The van der Waals surface area contributed by atoms with Crippen molar-refractivity contribution in [3.05, 3.63) is 29.3 Å². The van der Waals surface area contributed by atoms with Crippen molar-refractivity contribution in [3.8, 4) is 11.4 Å². The molecule has 1 aromatic heterocycles. The maximum Gasteiger partial charge on any atom is 0.230 e. The van der Waals surface area contributed by atoms with Gasteiger partial charge in [-0.05, 0) is 43.2 Å². The third kappa shape index (κ3) is 3.30. The highest BCUT2D eigenvalue weighted by molar-refractivity contribution is 7.99. The van der Waals surface area contributed by atoms with E-state index in [4.69, 9.17) is 11.6 Å². The Kier molecular flexibility index (Phi) is 4.50. The van der Waals surface area contributed by atoms with Gasteiger partial charge in [0.1, 0.15) is 0 Å². The minimum absolute atomic E-state index is 0.0710. The fourth-order valence-electron chi connectivity index (χ4n) is 3.88. The lowest BCUT2D eigenvalue weighted by molar-refractivity contribution is -0.119. The summed E-state index contributed by atoms with van der Waals surface area (Å²) >= 11 is 7.51. The van der Waals surface area contributed by atoms with Crippen LogP contribution in [-0.4, -0.2) is 32.9 Å². The van der Waals surface area contributed by atoms with E-state index >= 15 is 0 Å². The van der Waals surface area contributed by atoms with Gasteiger partial charge in [-0.25, -0.2) is 4.98 Å². The van der Waals surface area contributed by atoms with Crippen molar-refractivity contribution >= 4 is 29.3 Å². The molecule has 2 bridgehead atoms. The summed E-state index contributed by atoms with van der Waals surface area (Å²) in [5.74, 6) is 2.56. The van der Waals surface area contributed by atoms with E-state index in [0.29, 0.717) is 33.7 Å². The number of fused-ring (bicyclic) bond motifs is 2. The molecule has 4 rings (SSSR count). The van der Waals surface area contributed by atoms with Crippen LogP contribution in [0.2, 0.25) is 5.02 Å². The van der Waals surface area contributed by atoms with Crippen LogP contribution in [0.15, 0.2) is 29.4 Å². The Balaban J connectivity index is 1.32. The Morgan fingerprint density at radius 3 is 2.96 bits per heavy atom. The summed E-state index contributed by atoms with van der Waals surface area (Å²) in [5.41, 5.74) is 0.810. The van der Waals surface area contributed by atoms with Gasteiger partial charge in [0, 0.05) is 11.6 Å². The first kappa shape index (κ1) is 16.0. The highest BCUT2D eigenvalue weighted by atomic mass is 35.5. The Morgan fingerprint density at radius 1 is 1.33 bits per heavy atom. The smallest absolute Gasteiger partial charge is 0.230 e. The SMILES string of the molecule is O=C(CSc1n[nH]c(-c2ccccc2Cl)n1)N[C@@H]1C[C@H]2CC[C@@H]1C2. The van der Waals surface area contributed by atoms with E-state index in [-0.39, 0.29) is 5.91 Å². The van der Waals surface area contributed by atoms with Gasteiger partial charge in [0.25, 0.3) is 0 Å². The standard InChI is InChI=1S/C17H19ClN4OS/c18-13-4-2-1-3-12(13)16-20-17(22-21-16)24-9-15(23)19-14-8-10-5-6-11(14)7-10/h1-4,10-11,14H,5-9H2,(H,19,23)(H,20,21,22)/t10-,11+,14+/m0/s1. The summed E-state index contributed by atoms with van der Waals surface area (Å²) in [5, 5.41) is 11.4. The summed E-state index contributed by atoms with van der Waals surface area (Å²) in [6.07, 6.45) is 5.05. The van der Waals surface area contributed by atoms with Crippen LogP contribution >= 0.6 is 23.4 Å². The maximum absolute atomic E-state index is 12.2. The lowest BCUT2D eigenvalue weighted by atomic mass is 9.95. The van der Waals surface area contributed by atoms with Gasteiger partial charge in [0.15, 0.2) is 5.82 Å². The third-order valence-electron chi connectivity index (χ3n) is 5.01. The van der Waals surface area contributed by atoms with Crippen LogP contribution in [-0.2, 0) is 4.79 Å². The number of nitrogens with zero attached hydrogens (tertiary/aromatic N) is 2. The van der Waals surface area contributed by atoms with Crippen molar-refractivity contribution in [1.29, 1.82) is 0 Å². The average molecular weight is 363 g/mol. The number of thioether (sulfide) groups is 1.